The number of aromatic nitrogens is 1. The smallest absolute Gasteiger partial charge is 0.161 e. The first-order valence-corrected chi connectivity index (χ1v) is 10.4. The summed E-state index contributed by atoms with van der Waals surface area (Å²) in [6.07, 6.45) is 4.17. The summed E-state index contributed by atoms with van der Waals surface area (Å²) in [5, 5.41) is 4.73. The summed E-state index contributed by atoms with van der Waals surface area (Å²) in [6.45, 7) is 2.52. The number of fused-ring (bicyclic) bond motifs is 4. The normalized spacial score (nSPS) is 17.9. The second-order valence-electron chi connectivity index (χ2n) is 7.65. The predicted molar refractivity (Wildman–Crippen MR) is 118 cm³/mol. The van der Waals surface area contributed by atoms with Crippen molar-refractivity contribution in [2.45, 2.75) is 32.2 Å². The Bertz CT molecular complexity index is 1180. The zero-order valence-corrected chi connectivity index (χ0v) is 17.2. The fourth-order valence-corrected chi connectivity index (χ4v) is 4.67. The standard InChI is InChI=1S/C25H24N2O3/c1-3-30-21-12-9-15(14-22(21)29-2)25-24-17(6-4-8-20(24)28)23-16-7-5-13-26-18(16)10-11-19(23)27-25/h5,7,9-14,25,27H,3-4,6,8H2,1-2H3/t25-/m0/s1. The lowest BCUT2D eigenvalue weighted by atomic mass is 9.77. The van der Waals surface area contributed by atoms with Gasteiger partial charge in [0.1, 0.15) is 0 Å². The number of carbonyl (C=O) groups excluding carboxylic acids is 1. The van der Waals surface area contributed by atoms with E-state index in [1.807, 2.05) is 37.3 Å². The minimum absolute atomic E-state index is 0.209. The fraction of sp³-hybridized carbons (Fsp3) is 0.280. The van der Waals surface area contributed by atoms with Crippen LogP contribution < -0.4 is 14.8 Å². The highest BCUT2D eigenvalue weighted by Gasteiger charge is 2.35. The number of hydrogen-bond donors (Lipinski definition) is 1. The number of carbonyl (C=O) groups is 1. The third-order valence-electron chi connectivity index (χ3n) is 5.95. The molecule has 2 aliphatic rings. The molecule has 5 rings (SSSR count). The number of hydrogen-bond acceptors (Lipinski definition) is 5. The van der Waals surface area contributed by atoms with Crippen LogP contribution in [0.15, 0.2) is 54.2 Å². The number of nitrogens with one attached hydrogen (secondary N) is 1. The van der Waals surface area contributed by atoms with E-state index in [9.17, 15) is 4.79 Å². The first kappa shape index (κ1) is 18.7. The predicted octanol–water partition coefficient (Wildman–Crippen LogP) is 5.32. The minimum Gasteiger partial charge on any atom is -0.493 e. The van der Waals surface area contributed by atoms with Crippen LogP contribution in [0.3, 0.4) is 0 Å². The molecule has 5 heteroatoms. The minimum atomic E-state index is -0.209. The van der Waals surface area contributed by atoms with Gasteiger partial charge in [0.2, 0.25) is 0 Å². The Kier molecular flexibility index (Phi) is 4.66. The molecule has 0 amide bonds. The summed E-state index contributed by atoms with van der Waals surface area (Å²) < 4.78 is 11.2. The van der Waals surface area contributed by atoms with Gasteiger partial charge in [-0.15, -0.1) is 0 Å². The third kappa shape index (κ3) is 2.93. The second kappa shape index (κ2) is 7.48. The molecule has 152 valence electrons. The number of anilines is 1. The van der Waals surface area contributed by atoms with E-state index in [4.69, 9.17) is 9.47 Å². The summed E-state index contributed by atoms with van der Waals surface area (Å²) in [4.78, 5) is 17.6. The molecule has 1 N–H and O–H groups in total. The first-order valence-electron chi connectivity index (χ1n) is 10.4. The van der Waals surface area contributed by atoms with E-state index in [-0.39, 0.29) is 11.8 Å². The average Bonchev–Trinajstić information content (AvgIpc) is 2.78. The van der Waals surface area contributed by atoms with Crippen molar-refractivity contribution in [2.24, 2.45) is 0 Å². The van der Waals surface area contributed by atoms with Crippen molar-refractivity contribution < 1.29 is 14.3 Å². The lowest BCUT2D eigenvalue weighted by Crippen LogP contribution is -2.27. The maximum atomic E-state index is 13.1. The Morgan fingerprint density at radius 2 is 2.03 bits per heavy atom. The number of benzene rings is 2. The van der Waals surface area contributed by atoms with E-state index in [0.29, 0.717) is 24.5 Å². The molecule has 5 nitrogen and oxygen atoms in total. The maximum Gasteiger partial charge on any atom is 0.161 e. The SMILES string of the molecule is CCOc1ccc([C@@H]2Nc3ccc4ncccc4c3C3=C2C(=O)CCC3)cc1OC. The highest BCUT2D eigenvalue weighted by atomic mass is 16.5. The van der Waals surface area contributed by atoms with Gasteiger partial charge in [0.05, 0.1) is 25.3 Å². The number of methoxy groups -OCH3 is 1. The fourth-order valence-electron chi connectivity index (χ4n) is 4.67. The molecule has 0 unspecified atom stereocenters. The number of Topliss-reactive ketones (excluding diaryl/α,β-unsaturated/α-hetero) is 1. The van der Waals surface area contributed by atoms with Crippen LogP contribution in [0.1, 0.15) is 43.4 Å². The number of ether oxygens (including phenoxy) is 2. The van der Waals surface area contributed by atoms with Crippen LogP contribution in [-0.2, 0) is 4.79 Å². The Balaban J connectivity index is 1.70. The van der Waals surface area contributed by atoms with Crippen molar-refractivity contribution in [3.05, 3.63) is 65.4 Å². The molecule has 2 aromatic carbocycles. The van der Waals surface area contributed by atoms with Crippen LogP contribution >= 0.6 is 0 Å². The van der Waals surface area contributed by atoms with Gasteiger partial charge in [0.25, 0.3) is 0 Å². The summed E-state index contributed by atoms with van der Waals surface area (Å²) in [7, 11) is 1.64. The van der Waals surface area contributed by atoms with Gasteiger partial charge in [-0.3, -0.25) is 9.78 Å². The van der Waals surface area contributed by atoms with Crippen LogP contribution in [0.2, 0.25) is 0 Å². The monoisotopic (exact) mass is 400 g/mol. The highest BCUT2D eigenvalue weighted by Crippen LogP contribution is 2.48. The molecule has 1 aliphatic heterocycles. The van der Waals surface area contributed by atoms with Gasteiger partial charge in [-0.2, -0.15) is 0 Å². The van der Waals surface area contributed by atoms with Crippen molar-refractivity contribution in [1.29, 1.82) is 0 Å². The van der Waals surface area contributed by atoms with Gasteiger partial charge in [-0.05, 0) is 61.2 Å². The molecule has 0 saturated heterocycles. The Hall–Kier alpha value is -3.34. The largest absolute Gasteiger partial charge is 0.493 e. The Morgan fingerprint density at radius 3 is 2.87 bits per heavy atom. The van der Waals surface area contributed by atoms with Crippen LogP contribution in [0.25, 0.3) is 16.5 Å². The van der Waals surface area contributed by atoms with Crippen LogP contribution in [0, 0.1) is 0 Å². The Morgan fingerprint density at radius 1 is 1.13 bits per heavy atom. The topological polar surface area (TPSA) is 60.5 Å². The van der Waals surface area contributed by atoms with E-state index in [0.717, 1.165) is 51.7 Å². The molecule has 0 bridgehead atoms. The molecular weight excluding hydrogens is 376 g/mol. The van der Waals surface area contributed by atoms with Gasteiger partial charge in [0, 0.05) is 34.8 Å². The summed E-state index contributed by atoms with van der Waals surface area (Å²) in [5.41, 5.74) is 6.13. The lowest BCUT2D eigenvalue weighted by Gasteiger charge is -2.35. The van der Waals surface area contributed by atoms with Gasteiger partial charge < -0.3 is 14.8 Å². The quantitative estimate of drug-likeness (QED) is 0.643. The number of nitrogens with zero attached hydrogens (tertiary/aromatic N) is 1. The number of ketones is 1. The van der Waals surface area contributed by atoms with Crippen LogP contribution in [0.4, 0.5) is 5.69 Å². The molecule has 0 spiro atoms. The van der Waals surface area contributed by atoms with Gasteiger partial charge in [0.15, 0.2) is 17.3 Å². The Labute approximate surface area is 175 Å². The van der Waals surface area contributed by atoms with Crippen molar-refractivity contribution >= 4 is 27.9 Å². The zero-order valence-electron chi connectivity index (χ0n) is 17.2. The number of rotatable bonds is 4. The lowest BCUT2D eigenvalue weighted by molar-refractivity contribution is -0.116. The molecular formula is C25H24N2O3. The number of allylic oxidation sites excluding steroid dienone is 1. The van der Waals surface area contributed by atoms with E-state index >= 15 is 0 Å². The van der Waals surface area contributed by atoms with Crippen molar-refractivity contribution in [2.75, 3.05) is 19.0 Å². The maximum absolute atomic E-state index is 13.1. The summed E-state index contributed by atoms with van der Waals surface area (Å²) in [6, 6.07) is 13.9. The van der Waals surface area contributed by atoms with Gasteiger partial charge in [-0.1, -0.05) is 12.1 Å². The molecule has 2 heterocycles. The zero-order chi connectivity index (χ0) is 20.7. The third-order valence-corrected chi connectivity index (χ3v) is 5.95. The second-order valence-corrected chi connectivity index (χ2v) is 7.65. The molecule has 0 saturated carbocycles. The van der Waals surface area contributed by atoms with E-state index in [1.165, 1.54) is 0 Å². The van der Waals surface area contributed by atoms with Crippen molar-refractivity contribution in [3.63, 3.8) is 0 Å². The van der Waals surface area contributed by atoms with Crippen molar-refractivity contribution in [1.82, 2.24) is 4.98 Å². The molecule has 1 atom stereocenters. The molecule has 30 heavy (non-hydrogen) atoms. The summed E-state index contributed by atoms with van der Waals surface area (Å²) in [5.74, 6) is 1.60. The molecule has 1 aliphatic carbocycles. The molecule has 3 aromatic rings. The van der Waals surface area contributed by atoms with Gasteiger partial charge >= 0.3 is 0 Å². The van der Waals surface area contributed by atoms with Gasteiger partial charge in [-0.25, -0.2) is 0 Å². The molecule has 1 aromatic heterocycles. The highest BCUT2D eigenvalue weighted by molar-refractivity contribution is 6.12. The number of pyridine rings is 1. The van der Waals surface area contributed by atoms with E-state index < -0.39 is 0 Å². The molecule has 0 fully saturated rings. The van der Waals surface area contributed by atoms with E-state index in [1.54, 1.807) is 13.3 Å². The van der Waals surface area contributed by atoms with Crippen molar-refractivity contribution in [3.8, 4) is 11.5 Å². The average molecular weight is 400 g/mol. The van der Waals surface area contributed by atoms with E-state index in [2.05, 4.69) is 22.4 Å². The first-order chi connectivity index (χ1) is 14.7. The molecule has 0 radical (unpaired) electrons. The summed E-state index contributed by atoms with van der Waals surface area (Å²) >= 11 is 0. The van der Waals surface area contributed by atoms with Crippen LogP contribution in [-0.4, -0.2) is 24.5 Å². The van der Waals surface area contributed by atoms with Crippen LogP contribution in [0.5, 0.6) is 11.5 Å².